The number of hydrogen-bond acceptors (Lipinski definition) is 4. The molecule has 1 aliphatic rings. The molecule has 0 spiro atoms. The fourth-order valence-corrected chi connectivity index (χ4v) is 2.66. The molecule has 1 fully saturated rings. The maximum atomic E-state index is 12.2. The number of hydrogen-bond donors (Lipinski definition) is 1. The van der Waals surface area contributed by atoms with Crippen molar-refractivity contribution in [2.45, 2.75) is 65.1 Å². The average Bonchev–Trinajstić information content (AvgIpc) is 2.70. The summed E-state index contributed by atoms with van der Waals surface area (Å²) in [5.74, 6) is 0. The van der Waals surface area contributed by atoms with Crippen LogP contribution in [0.3, 0.4) is 0 Å². The van der Waals surface area contributed by atoms with Crippen LogP contribution in [0.5, 0.6) is 0 Å². The number of aromatic nitrogens is 1. The van der Waals surface area contributed by atoms with E-state index in [1.807, 2.05) is 38.8 Å². The van der Waals surface area contributed by atoms with E-state index in [4.69, 9.17) is 4.74 Å². The third-order valence-electron chi connectivity index (χ3n) is 3.92. The summed E-state index contributed by atoms with van der Waals surface area (Å²) >= 11 is 0. The molecule has 23 heavy (non-hydrogen) atoms. The minimum atomic E-state index is -0.432. The molecule has 1 N–H and O–H groups in total. The molecule has 1 atom stereocenters. The molecular formula is C18H29N3O2. The van der Waals surface area contributed by atoms with Gasteiger partial charge in [-0.15, -0.1) is 0 Å². The Labute approximate surface area is 139 Å². The van der Waals surface area contributed by atoms with Crippen LogP contribution in [0.25, 0.3) is 0 Å². The van der Waals surface area contributed by atoms with Gasteiger partial charge in [0.2, 0.25) is 0 Å². The quantitative estimate of drug-likeness (QED) is 0.929. The van der Waals surface area contributed by atoms with E-state index in [0.29, 0.717) is 6.04 Å². The van der Waals surface area contributed by atoms with Crippen molar-refractivity contribution < 1.29 is 9.53 Å². The van der Waals surface area contributed by atoms with E-state index in [9.17, 15) is 4.79 Å². The Morgan fingerprint density at radius 3 is 2.78 bits per heavy atom. The Kier molecular flexibility index (Phi) is 5.99. The van der Waals surface area contributed by atoms with Crippen molar-refractivity contribution >= 4 is 6.09 Å². The normalized spacial score (nSPS) is 19.3. The molecule has 0 bridgehead atoms. The maximum Gasteiger partial charge on any atom is 0.410 e. The molecule has 1 unspecified atom stereocenters. The summed E-state index contributed by atoms with van der Waals surface area (Å²) in [6, 6.07) is 4.57. The molecule has 0 saturated carbocycles. The number of nitrogens with zero attached hydrogens (tertiary/aromatic N) is 2. The fraction of sp³-hybridized carbons (Fsp3) is 0.667. The number of aryl methyl sites for hydroxylation is 1. The SMILES string of the molecule is Cc1ccc(CNC2CCCN(C(=O)OC(C)(C)C)CC2)nc1. The van der Waals surface area contributed by atoms with Crippen LogP contribution in [0, 0.1) is 6.92 Å². The zero-order chi connectivity index (χ0) is 16.9. The second kappa shape index (κ2) is 7.77. The van der Waals surface area contributed by atoms with Crippen molar-refractivity contribution in [1.82, 2.24) is 15.2 Å². The van der Waals surface area contributed by atoms with Crippen LogP contribution < -0.4 is 5.32 Å². The number of ether oxygens (including phenoxy) is 1. The van der Waals surface area contributed by atoms with Crippen LogP contribution >= 0.6 is 0 Å². The number of rotatable bonds is 3. The van der Waals surface area contributed by atoms with Crippen LogP contribution in [0.4, 0.5) is 4.79 Å². The van der Waals surface area contributed by atoms with E-state index in [0.717, 1.165) is 44.6 Å². The number of carbonyl (C=O) groups excluding carboxylic acids is 1. The minimum Gasteiger partial charge on any atom is -0.444 e. The van der Waals surface area contributed by atoms with Gasteiger partial charge in [0.1, 0.15) is 5.60 Å². The first-order valence-corrected chi connectivity index (χ1v) is 8.46. The highest BCUT2D eigenvalue weighted by molar-refractivity contribution is 5.68. The summed E-state index contributed by atoms with van der Waals surface area (Å²) < 4.78 is 5.47. The van der Waals surface area contributed by atoms with E-state index in [1.165, 1.54) is 5.56 Å². The van der Waals surface area contributed by atoms with Gasteiger partial charge in [0.25, 0.3) is 0 Å². The van der Waals surface area contributed by atoms with E-state index in [1.54, 1.807) is 0 Å². The van der Waals surface area contributed by atoms with E-state index < -0.39 is 5.60 Å². The summed E-state index contributed by atoms with van der Waals surface area (Å²) in [5, 5.41) is 3.56. The first-order chi connectivity index (χ1) is 10.8. The minimum absolute atomic E-state index is 0.196. The molecule has 1 aromatic heterocycles. The number of pyridine rings is 1. The van der Waals surface area contributed by atoms with Gasteiger partial charge in [-0.05, 0) is 58.6 Å². The molecule has 1 saturated heterocycles. The standard InChI is InChI=1S/C18H29N3O2/c1-14-7-8-16(19-12-14)13-20-15-6-5-10-21(11-9-15)17(22)23-18(2,3)4/h7-8,12,15,20H,5-6,9-11,13H2,1-4H3. The number of carbonyl (C=O) groups is 1. The molecule has 5 heteroatoms. The summed E-state index contributed by atoms with van der Waals surface area (Å²) in [6.45, 7) is 10.0. The van der Waals surface area contributed by atoms with Crippen LogP contribution in [0.1, 0.15) is 51.3 Å². The molecule has 5 nitrogen and oxygen atoms in total. The van der Waals surface area contributed by atoms with Crippen molar-refractivity contribution in [3.05, 3.63) is 29.6 Å². The Balaban J connectivity index is 1.79. The van der Waals surface area contributed by atoms with Crippen molar-refractivity contribution in [3.63, 3.8) is 0 Å². The van der Waals surface area contributed by atoms with Crippen LogP contribution in [-0.2, 0) is 11.3 Å². The van der Waals surface area contributed by atoms with E-state index in [-0.39, 0.29) is 6.09 Å². The maximum absolute atomic E-state index is 12.2. The zero-order valence-electron chi connectivity index (χ0n) is 14.8. The van der Waals surface area contributed by atoms with Gasteiger partial charge in [0.15, 0.2) is 0 Å². The van der Waals surface area contributed by atoms with E-state index >= 15 is 0 Å². The Hall–Kier alpha value is -1.62. The lowest BCUT2D eigenvalue weighted by Gasteiger charge is -2.26. The van der Waals surface area contributed by atoms with Crippen LogP contribution in [-0.4, -0.2) is 40.7 Å². The molecule has 1 aromatic rings. The predicted octanol–water partition coefficient (Wildman–Crippen LogP) is 3.27. The van der Waals surface area contributed by atoms with Gasteiger partial charge in [0, 0.05) is 31.9 Å². The van der Waals surface area contributed by atoms with Gasteiger partial charge < -0.3 is 15.0 Å². The third-order valence-corrected chi connectivity index (χ3v) is 3.92. The predicted molar refractivity (Wildman–Crippen MR) is 91.3 cm³/mol. The molecule has 0 aromatic carbocycles. The summed E-state index contributed by atoms with van der Waals surface area (Å²) in [5.41, 5.74) is 1.80. The van der Waals surface area contributed by atoms with Gasteiger partial charge in [-0.1, -0.05) is 6.07 Å². The monoisotopic (exact) mass is 319 g/mol. The highest BCUT2D eigenvalue weighted by atomic mass is 16.6. The number of amides is 1. The lowest BCUT2D eigenvalue weighted by molar-refractivity contribution is 0.0256. The summed E-state index contributed by atoms with van der Waals surface area (Å²) in [4.78, 5) is 18.4. The summed E-state index contributed by atoms with van der Waals surface area (Å²) in [7, 11) is 0. The Morgan fingerprint density at radius 2 is 2.13 bits per heavy atom. The first-order valence-electron chi connectivity index (χ1n) is 8.46. The topological polar surface area (TPSA) is 54.5 Å². The van der Waals surface area contributed by atoms with Crippen LogP contribution in [0.2, 0.25) is 0 Å². The highest BCUT2D eigenvalue weighted by Gasteiger charge is 2.25. The Morgan fingerprint density at radius 1 is 1.35 bits per heavy atom. The second-order valence-electron chi connectivity index (χ2n) is 7.30. The third kappa shape index (κ3) is 6.18. The van der Waals surface area contributed by atoms with Gasteiger partial charge in [-0.3, -0.25) is 4.98 Å². The largest absolute Gasteiger partial charge is 0.444 e. The lowest BCUT2D eigenvalue weighted by Crippen LogP contribution is -2.38. The summed E-state index contributed by atoms with van der Waals surface area (Å²) in [6.07, 6.45) is 4.72. The molecule has 0 radical (unpaired) electrons. The fourth-order valence-electron chi connectivity index (χ4n) is 2.66. The van der Waals surface area contributed by atoms with Gasteiger partial charge in [0.05, 0.1) is 5.69 Å². The number of nitrogens with one attached hydrogen (secondary N) is 1. The Bertz CT molecular complexity index is 508. The molecule has 2 rings (SSSR count). The van der Waals surface area contributed by atoms with Gasteiger partial charge in [-0.25, -0.2) is 4.79 Å². The number of likely N-dealkylation sites (tertiary alicyclic amines) is 1. The van der Waals surface area contributed by atoms with Crippen molar-refractivity contribution in [2.24, 2.45) is 0 Å². The zero-order valence-corrected chi connectivity index (χ0v) is 14.8. The molecular weight excluding hydrogens is 290 g/mol. The van der Waals surface area contributed by atoms with Crippen LogP contribution in [0.15, 0.2) is 18.3 Å². The highest BCUT2D eigenvalue weighted by Crippen LogP contribution is 2.16. The molecule has 1 amide bonds. The van der Waals surface area contributed by atoms with E-state index in [2.05, 4.69) is 22.4 Å². The first kappa shape index (κ1) is 17.7. The molecule has 128 valence electrons. The average molecular weight is 319 g/mol. The lowest BCUT2D eigenvalue weighted by atomic mass is 10.1. The smallest absolute Gasteiger partial charge is 0.410 e. The molecule has 0 aliphatic carbocycles. The molecule has 1 aliphatic heterocycles. The molecule has 2 heterocycles. The van der Waals surface area contributed by atoms with Crippen molar-refractivity contribution in [3.8, 4) is 0 Å². The van der Waals surface area contributed by atoms with Gasteiger partial charge in [-0.2, -0.15) is 0 Å². The second-order valence-corrected chi connectivity index (χ2v) is 7.30. The van der Waals surface area contributed by atoms with Crippen molar-refractivity contribution in [1.29, 1.82) is 0 Å². The van der Waals surface area contributed by atoms with Crippen molar-refractivity contribution in [2.75, 3.05) is 13.1 Å². The van der Waals surface area contributed by atoms with Gasteiger partial charge >= 0.3 is 6.09 Å².